The molecule has 4 heteroatoms. The van der Waals surface area contributed by atoms with E-state index >= 15 is 0 Å². The standard InChI is InChI=1S/C11H12N2OS/c14-7-9-3-1-2-4-11(9)13-6-10-5-12-8-15-10/h1-5,8,13-14H,6-7H2. The molecule has 0 saturated heterocycles. The Morgan fingerprint density at radius 1 is 1.33 bits per heavy atom. The van der Waals surface area contributed by atoms with Crippen LogP contribution in [0.1, 0.15) is 10.4 Å². The summed E-state index contributed by atoms with van der Waals surface area (Å²) in [6.07, 6.45) is 1.85. The van der Waals surface area contributed by atoms with Gasteiger partial charge in [0.05, 0.1) is 18.7 Å². The van der Waals surface area contributed by atoms with Crippen LogP contribution in [0, 0.1) is 0 Å². The van der Waals surface area contributed by atoms with Gasteiger partial charge < -0.3 is 10.4 Å². The molecule has 0 aliphatic carbocycles. The number of hydrogen-bond donors (Lipinski definition) is 2. The van der Waals surface area contributed by atoms with Crippen LogP contribution in [0.4, 0.5) is 5.69 Å². The first kappa shape index (κ1) is 10.1. The molecule has 78 valence electrons. The largest absolute Gasteiger partial charge is 0.392 e. The molecule has 0 fully saturated rings. The highest BCUT2D eigenvalue weighted by Crippen LogP contribution is 2.16. The number of para-hydroxylation sites is 1. The highest BCUT2D eigenvalue weighted by atomic mass is 32.1. The Kier molecular flexibility index (Phi) is 3.32. The fourth-order valence-corrected chi connectivity index (χ4v) is 1.88. The van der Waals surface area contributed by atoms with Crippen molar-refractivity contribution in [2.45, 2.75) is 13.2 Å². The van der Waals surface area contributed by atoms with Crippen molar-refractivity contribution in [3.63, 3.8) is 0 Å². The van der Waals surface area contributed by atoms with Crippen LogP contribution in [-0.2, 0) is 13.2 Å². The zero-order valence-corrected chi connectivity index (χ0v) is 9.00. The second-order valence-corrected chi connectivity index (χ2v) is 4.11. The molecule has 0 spiro atoms. The van der Waals surface area contributed by atoms with Crippen molar-refractivity contribution < 1.29 is 5.11 Å². The van der Waals surface area contributed by atoms with Crippen molar-refractivity contribution in [2.75, 3.05) is 5.32 Å². The van der Waals surface area contributed by atoms with Gasteiger partial charge in [-0.3, -0.25) is 4.98 Å². The molecule has 0 bridgehead atoms. The molecule has 3 nitrogen and oxygen atoms in total. The second-order valence-electron chi connectivity index (χ2n) is 3.14. The predicted octanol–water partition coefficient (Wildman–Crippen LogP) is 2.25. The van der Waals surface area contributed by atoms with E-state index in [-0.39, 0.29) is 6.61 Å². The first-order valence-electron chi connectivity index (χ1n) is 4.70. The highest BCUT2D eigenvalue weighted by molar-refractivity contribution is 7.09. The van der Waals surface area contributed by atoms with E-state index in [4.69, 9.17) is 5.11 Å². The Morgan fingerprint density at radius 3 is 2.93 bits per heavy atom. The second kappa shape index (κ2) is 4.91. The van der Waals surface area contributed by atoms with Crippen molar-refractivity contribution in [1.29, 1.82) is 0 Å². The maximum atomic E-state index is 9.13. The highest BCUT2D eigenvalue weighted by Gasteiger charge is 2.00. The average molecular weight is 220 g/mol. The number of anilines is 1. The number of rotatable bonds is 4. The minimum Gasteiger partial charge on any atom is -0.392 e. The van der Waals surface area contributed by atoms with Gasteiger partial charge in [-0.25, -0.2) is 0 Å². The molecule has 0 aliphatic heterocycles. The van der Waals surface area contributed by atoms with Crippen LogP contribution in [0.15, 0.2) is 36.0 Å². The molecule has 2 rings (SSSR count). The molecule has 2 aromatic rings. The van der Waals surface area contributed by atoms with Gasteiger partial charge in [-0.05, 0) is 6.07 Å². The van der Waals surface area contributed by atoms with Gasteiger partial charge in [0.15, 0.2) is 0 Å². The molecule has 0 atom stereocenters. The Hall–Kier alpha value is -1.39. The quantitative estimate of drug-likeness (QED) is 0.830. The lowest BCUT2D eigenvalue weighted by Crippen LogP contribution is -2.00. The molecular formula is C11H12N2OS. The summed E-state index contributed by atoms with van der Waals surface area (Å²) in [6.45, 7) is 0.813. The molecule has 1 aromatic heterocycles. The van der Waals surface area contributed by atoms with E-state index in [1.54, 1.807) is 11.3 Å². The topological polar surface area (TPSA) is 45.1 Å². The number of aromatic nitrogens is 1. The summed E-state index contributed by atoms with van der Waals surface area (Å²) >= 11 is 1.62. The molecule has 0 unspecified atom stereocenters. The van der Waals surface area contributed by atoms with Gasteiger partial charge in [-0.2, -0.15) is 0 Å². The Morgan fingerprint density at radius 2 is 2.20 bits per heavy atom. The number of hydrogen-bond acceptors (Lipinski definition) is 4. The van der Waals surface area contributed by atoms with E-state index in [1.807, 2.05) is 36.0 Å². The molecule has 15 heavy (non-hydrogen) atoms. The van der Waals surface area contributed by atoms with Crippen LogP contribution in [0.3, 0.4) is 0 Å². The van der Waals surface area contributed by atoms with Gasteiger partial charge in [0.2, 0.25) is 0 Å². The van der Waals surface area contributed by atoms with E-state index in [0.29, 0.717) is 0 Å². The Balaban J connectivity index is 2.04. The maximum Gasteiger partial charge on any atom is 0.0794 e. The molecule has 0 saturated carbocycles. The number of thiazole rings is 1. The number of nitrogens with one attached hydrogen (secondary N) is 1. The van der Waals surface area contributed by atoms with Gasteiger partial charge in [0.1, 0.15) is 0 Å². The van der Waals surface area contributed by atoms with Crippen LogP contribution >= 0.6 is 11.3 Å². The zero-order valence-electron chi connectivity index (χ0n) is 8.18. The van der Waals surface area contributed by atoms with Gasteiger partial charge in [-0.15, -0.1) is 11.3 Å². The summed E-state index contributed by atoms with van der Waals surface area (Å²) < 4.78 is 0. The fraction of sp³-hybridized carbons (Fsp3) is 0.182. The summed E-state index contributed by atoms with van der Waals surface area (Å²) in [5.74, 6) is 0. The van der Waals surface area contributed by atoms with Crippen LogP contribution < -0.4 is 5.32 Å². The Labute approximate surface area is 92.4 Å². The van der Waals surface area contributed by atoms with Crippen molar-refractivity contribution in [3.8, 4) is 0 Å². The summed E-state index contributed by atoms with van der Waals surface area (Å²) in [6, 6.07) is 7.75. The molecular weight excluding hydrogens is 208 g/mol. The lowest BCUT2D eigenvalue weighted by atomic mass is 10.2. The van der Waals surface area contributed by atoms with Crippen LogP contribution in [0.5, 0.6) is 0 Å². The number of aliphatic hydroxyl groups excluding tert-OH is 1. The number of aliphatic hydroxyl groups is 1. The SMILES string of the molecule is OCc1ccccc1NCc1cncs1. The van der Waals surface area contributed by atoms with E-state index in [2.05, 4.69) is 10.3 Å². The summed E-state index contributed by atoms with van der Waals surface area (Å²) in [5.41, 5.74) is 3.71. The summed E-state index contributed by atoms with van der Waals surface area (Å²) in [4.78, 5) is 5.19. The predicted molar refractivity (Wildman–Crippen MR) is 61.8 cm³/mol. The van der Waals surface area contributed by atoms with Crippen LogP contribution in [-0.4, -0.2) is 10.1 Å². The number of benzene rings is 1. The molecule has 2 N–H and O–H groups in total. The smallest absolute Gasteiger partial charge is 0.0794 e. The minimum absolute atomic E-state index is 0.0614. The van der Waals surface area contributed by atoms with Gasteiger partial charge in [-0.1, -0.05) is 18.2 Å². The summed E-state index contributed by atoms with van der Waals surface area (Å²) in [7, 11) is 0. The molecule has 1 heterocycles. The molecule has 0 amide bonds. The van der Waals surface area contributed by atoms with Gasteiger partial charge in [0.25, 0.3) is 0 Å². The number of nitrogens with zero attached hydrogens (tertiary/aromatic N) is 1. The van der Waals surface area contributed by atoms with E-state index in [1.165, 1.54) is 4.88 Å². The fourth-order valence-electron chi connectivity index (χ4n) is 1.34. The van der Waals surface area contributed by atoms with Gasteiger partial charge >= 0.3 is 0 Å². The third-order valence-electron chi connectivity index (χ3n) is 2.12. The van der Waals surface area contributed by atoms with E-state index < -0.39 is 0 Å². The third kappa shape index (κ3) is 2.55. The molecule has 0 aliphatic rings. The molecule has 0 radical (unpaired) electrons. The van der Waals surface area contributed by atoms with Crippen LogP contribution in [0.2, 0.25) is 0 Å². The normalized spacial score (nSPS) is 10.2. The van der Waals surface area contributed by atoms with E-state index in [9.17, 15) is 0 Å². The Bertz CT molecular complexity index is 414. The lowest BCUT2D eigenvalue weighted by molar-refractivity contribution is 0.282. The average Bonchev–Trinajstić information content (AvgIpc) is 2.79. The first-order valence-corrected chi connectivity index (χ1v) is 5.58. The van der Waals surface area contributed by atoms with Crippen molar-refractivity contribution in [1.82, 2.24) is 4.98 Å². The van der Waals surface area contributed by atoms with Gasteiger partial charge in [0, 0.05) is 22.3 Å². The monoisotopic (exact) mass is 220 g/mol. The van der Waals surface area contributed by atoms with Crippen LogP contribution in [0.25, 0.3) is 0 Å². The molecule has 1 aromatic carbocycles. The minimum atomic E-state index is 0.0614. The van der Waals surface area contributed by atoms with Crippen molar-refractivity contribution in [2.24, 2.45) is 0 Å². The maximum absolute atomic E-state index is 9.13. The third-order valence-corrected chi connectivity index (χ3v) is 2.90. The first-order chi connectivity index (χ1) is 7.40. The van der Waals surface area contributed by atoms with Crippen molar-refractivity contribution in [3.05, 3.63) is 46.4 Å². The summed E-state index contributed by atoms with van der Waals surface area (Å²) in [5, 5.41) is 12.4. The lowest BCUT2D eigenvalue weighted by Gasteiger charge is -2.08. The van der Waals surface area contributed by atoms with E-state index in [0.717, 1.165) is 17.8 Å². The zero-order chi connectivity index (χ0) is 10.5. The van der Waals surface area contributed by atoms with Crippen molar-refractivity contribution >= 4 is 17.0 Å².